The summed E-state index contributed by atoms with van der Waals surface area (Å²) in [4.78, 5) is 47.1. The Kier molecular flexibility index (Phi) is 7.11. The van der Waals surface area contributed by atoms with Crippen molar-refractivity contribution in [3.63, 3.8) is 0 Å². The average Bonchev–Trinajstić information content (AvgIpc) is 3.06. The minimum atomic E-state index is -0.329. The van der Waals surface area contributed by atoms with Gasteiger partial charge in [-0.1, -0.05) is 0 Å². The Morgan fingerprint density at radius 1 is 1.13 bits per heavy atom. The van der Waals surface area contributed by atoms with Crippen molar-refractivity contribution in [2.75, 3.05) is 52.1 Å². The molecule has 166 valence electrons. The number of benzene rings is 1. The molecule has 3 amide bonds. The van der Waals surface area contributed by atoms with Gasteiger partial charge >= 0.3 is 0 Å². The van der Waals surface area contributed by atoms with E-state index in [1.54, 1.807) is 45.8 Å². The van der Waals surface area contributed by atoms with E-state index in [9.17, 15) is 14.4 Å². The Bertz CT molecular complexity index is 995. The third-order valence-electron chi connectivity index (χ3n) is 5.22. The fourth-order valence-corrected chi connectivity index (χ4v) is 3.74. The fourth-order valence-electron chi connectivity index (χ4n) is 3.47. The Morgan fingerprint density at radius 3 is 2.32 bits per heavy atom. The lowest BCUT2D eigenvalue weighted by atomic mass is 10.1. The van der Waals surface area contributed by atoms with E-state index < -0.39 is 0 Å². The quantitative estimate of drug-likeness (QED) is 0.686. The number of hydrogen-bond donors (Lipinski definition) is 1. The molecule has 9 nitrogen and oxygen atoms in total. The van der Waals surface area contributed by atoms with E-state index in [0.29, 0.717) is 48.6 Å². The van der Waals surface area contributed by atoms with E-state index >= 15 is 0 Å². The van der Waals surface area contributed by atoms with Crippen molar-refractivity contribution in [3.8, 4) is 0 Å². The van der Waals surface area contributed by atoms with Crippen molar-refractivity contribution < 1.29 is 14.4 Å². The predicted molar refractivity (Wildman–Crippen MR) is 121 cm³/mol. The number of hydrogen-bond acceptors (Lipinski definition) is 5. The standard InChI is InChI=1S/C21H27BrN6O3/c1-14-11-15(24-20(30)19-23-12-17(22)26(19)4)5-6-16(14)21(31)28-9-7-27(8-10-28)18(29)13-25(2)3/h5-6,11-12H,7-10,13H2,1-4H3,(H,24,30). The summed E-state index contributed by atoms with van der Waals surface area (Å²) in [5.41, 5.74) is 1.96. The largest absolute Gasteiger partial charge is 0.338 e. The van der Waals surface area contributed by atoms with Gasteiger partial charge in [0.2, 0.25) is 5.91 Å². The first-order chi connectivity index (χ1) is 14.7. The Hall–Kier alpha value is -2.72. The van der Waals surface area contributed by atoms with Crippen molar-refractivity contribution >= 4 is 39.3 Å². The average molecular weight is 491 g/mol. The molecule has 10 heteroatoms. The van der Waals surface area contributed by atoms with Gasteiger partial charge in [0.05, 0.1) is 12.7 Å². The molecular weight excluding hydrogens is 464 g/mol. The third-order valence-corrected chi connectivity index (χ3v) is 5.96. The topological polar surface area (TPSA) is 90.8 Å². The molecule has 1 aliphatic heterocycles. The van der Waals surface area contributed by atoms with Crippen LogP contribution in [0, 0.1) is 6.92 Å². The summed E-state index contributed by atoms with van der Waals surface area (Å²) in [6.07, 6.45) is 1.57. The number of halogens is 1. The van der Waals surface area contributed by atoms with E-state index in [0.717, 1.165) is 5.56 Å². The Morgan fingerprint density at radius 2 is 1.77 bits per heavy atom. The number of carbonyl (C=O) groups is 3. The van der Waals surface area contributed by atoms with Crippen molar-refractivity contribution in [2.45, 2.75) is 6.92 Å². The predicted octanol–water partition coefficient (Wildman–Crippen LogP) is 1.59. The second-order valence-electron chi connectivity index (χ2n) is 7.86. The molecule has 0 bridgehead atoms. The maximum absolute atomic E-state index is 13.0. The number of anilines is 1. The zero-order chi connectivity index (χ0) is 22.7. The molecule has 0 saturated carbocycles. The van der Waals surface area contributed by atoms with Gasteiger partial charge in [-0.15, -0.1) is 0 Å². The molecule has 1 saturated heterocycles. The molecule has 0 spiro atoms. The Labute approximate surface area is 190 Å². The molecule has 2 aromatic rings. The van der Waals surface area contributed by atoms with Crippen LogP contribution in [0.15, 0.2) is 29.0 Å². The summed E-state index contributed by atoms with van der Waals surface area (Å²) in [5.74, 6) is -0.0345. The number of imidazole rings is 1. The number of nitrogens with one attached hydrogen (secondary N) is 1. The first-order valence-corrected chi connectivity index (χ1v) is 10.8. The van der Waals surface area contributed by atoms with Gasteiger partial charge in [0.25, 0.3) is 11.8 Å². The molecule has 1 aromatic heterocycles. The van der Waals surface area contributed by atoms with E-state index in [2.05, 4.69) is 26.2 Å². The zero-order valence-corrected chi connectivity index (χ0v) is 19.8. The van der Waals surface area contributed by atoms with Crippen LogP contribution in [0.2, 0.25) is 0 Å². The molecule has 0 unspecified atom stereocenters. The molecule has 0 radical (unpaired) electrons. The van der Waals surface area contributed by atoms with Crippen LogP contribution in [-0.4, -0.2) is 88.8 Å². The maximum atomic E-state index is 13.0. The first kappa shape index (κ1) is 23.0. The van der Waals surface area contributed by atoms with Crippen molar-refractivity contribution in [1.82, 2.24) is 24.3 Å². The number of aryl methyl sites for hydroxylation is 1. The SMILES string of the molecule is Cc1cc(NC(=O)c2ncc(Br)n2C)ccc1C(=O)N1CCN(C(=O)CN(C)C)CC1. The fraction of sp³-hybridized carbons (Fsp3) is 0.429. The van der Waals surface area contributed by atoms with Gasteiger partial charge in [-0.05, 0) is 60.7 Å². The van der Waals surface area contributed by atoms with Gasteiger partial charge in [-0.25, -0.2) is 4.98 Å². The first-order valence-electron chi connectivity index (χ1n) is 9.98. The van der Waals surface area contributed by atoms with Crippen LogP contribution in [0.1, 0.15) is 26.5 Å². The number of amides is 3. The van der Waals surface area contributed by atoms with Crippen LogP contribution >= 0.6 is 15.9 Å². The van der Waals surface area contributed by atoms with Crippen LogP contribution in [0.3, 0.4) is 0 Å². The lowest BCUT2D eigenvalue weighted by molar-refractivity contribution is -0.133. The van der Waals surface area contributed by atoms with Gasteiger partial charge in [-0.3, -0.25) is 14.4 Å². The van der Waals surface area contributed by atoms with E-state index in [1.165, 1.54) is 0 Å². The number of likely N-dealkylation sites (N-methyl/N-ethyl adjacent to an activating group) is 1. The molecule has 1 N–H and O–H groups in total. The van der Waals surface area contributed by atoms with Gasteiger partial charge in [0.1, 0.15) is 4.60 Å². The lowest BCUT2D eigenvalue weighted by Gasteiger charge is -2.35. The highest BCUT2D eigenvalue weighted by Gasteiger charge is 2.26. The smallest absolute Gasteiger partial charge is 0.291 e. The van der Waals surface area contributed by atoms with Gasteiger partial charge in [-0.2, -0.15) is 0 Å². The van der Waals surface area contributed by atoms with Crippen LogP contribution in [-0.2, 0) is 11.8 Å². The van der Waals surface area contributed by atoms with E-state index in [-0.39, 0.29) is 23.5 Å². The summed E-state index contributed by atoms with van der Waals surface area (Å²) in [5, 5.41) is 2.82. The second-order valence-corrected chi connectivity index (χ2v) is 8.67. The number of carbonyl (C=O) groups excluding carboxylic acids is 3. The van der Waals surface area contributed by atoms with Crippen LogP contribution in [0.5, 0.6) is 0 Å². The van der Waals surface area contributed by atoms with Gasteiger partial charge < -0.3 is 24.6 Å². The minimum Gasteiger partial charge on any atom is -0.338 e. The second kappa shape index (κ2) is 9.61. The normalized spacial score (nSPS) is 14.1. The molecule has 1 fully saturated rings. The summed E-state index contributed by atoms with van der Waals surface area (Å²) in [7, 11) is 5.47. The van der Waals surface area contributed by atoms with Crippen molar-refractivity contribution in [2.24, 2.45) is 7.05 Å². The van der Waals surface area contributed by atoms with E-state index in [4.69, 9.17) is 0 Å². The highest BCUT2D eigenvalue weighted by Crippen LogP contribution is 2.19. The third kappa shape index (κ3) is 5.31. The molecule has 1 aromatic carbocycles. The molecule has 31 heavy (non-hydrogen) atoms. The van der Waals surface area contributed by atoms with Crippen LogP contribution in [0.4, 0.5) is 5.69 Å². The molecule has 1 aliphatic rings. The molecular formula is C21H27BrN6O3. The number of piperazine rings is 1. The van der Waals surface area contributed by atoms with Crippen molar-refractivity contribution in [3.05, 3.63) is 46.0 Å². The summed E-state index contributed by atoms with van der Waals surface area (Å²) >= 11 is 3.32. The monoisotopic (exact) mass is 490 g/mol. The zero-order valence-electron chi connectivity index (χ0n) is 18.2. The summed E-state index contributed by atoms with van der Waals surface area (Å²) < 4.78 is 2.35. The maximum Gasteiger partial charge on any atom is 0.291 e. The minimum absolute atomic E-state index is 0.0666. The molecule has 0 aliphatic carbocycles. The van der Waals surface area contributed by atoms with Gasteiger partial charge in [0.15, 0.2) is 5.82 Å². The highest BCUT2D eigenvalue weighted by molar-refractivity contribution is 9.10. The summed E-state index contributed by atoms with van der Waals surface area (Å²) in [6.45, 7) is 4.29. The van der Waals surface area contributed by atoms with Crippen LogP contribution < -0.4 is 5.32 Å². The number of rotatable bonds is 5. The molecule has 3 rings (SSSR count). The van der Waals surface area contributed by atoms with Crippen molar-refractivity contribution in [1.29, 1.82) is 0 Å². The van der Waals surface area contributed by atoms with Gasteiger partial charge in [0, 0.05) is 44.5 Å². The number of nitrogens with zero attached hydrogens (tertiary/aromatic N) is 5. The van der Waals surface area contributed by atoms with Crippen LogP contribution in [0.25, 0.3) is 0 Å². The molecule has 2 heterocycles. The molecule has 0 atom stereocenters. The number of aromatic nitrogens is 2. The lowest BCUT2D eigenvalue weighted by Crippen LogP contribution is -2.52. The Balaban J connectivity index is 1.62. The van der Waals surface area contributed by atoms with E-state index in [1.807, 2.05) is 25.9 Å². The summed E-state index contributed by atoms with van der Waals surface area (Å²) in [6, 6.07) is 5.22. The highest BCUT2D eigenvalue weighted by atomic mass is 79.9.